The molecule has 0 spiro atoms. The molecule has 0 saturated carbocycles. The second-order valence-electron chi connectivity index (χ2n) is 3.98. The molecule has 0 bridgehead atoms. The van der Waals surface area contributed by atoms with Crippen molar-refractivity contribution in [3.8, 4) is 0 Å². The number of nitrogens with one attached hydrogen (secondary N) is 1. The van der Waals surface area contributed by atoms with Crippen LogP contribution in [0, 0.1) is 11.8 Å². The van der Waals surface area contributed by atoms with E-state index in [2.05, 4.69) is 26.1 Å². The lowest BCUT2D eigenvalue weighted by Gasteiger charge is -2.34. The van der Waals surface area contributed by atoms with Gasteiger partial charge in [0.1, 0.15) is 0 Å². The first-order valence-electron chi connectivity index (χ1n) is 4.99. The fraction of sp³-hybridized carbons (Fsp3) is 1.00. The van der Waals surface area contributed by atoms with Crippen molar-refractivity contribution in [1.82, 2.24) is 5.32 Å². The average molecular weight is 155 g/mol. The first-order chi connectivity index (χ1) is 5.25. The number of hydrogen-bond donors (Lipinski definition) is 1. The van der Waals surface area contributed by atoms with Crippen LogP contribution in [0.2, 0.25) is 0 Å². The highest BCUT2D eigenvalue weighted by Crippen LogP contribution is 2.22. The molecule has 1 nitrogen and oxygen atoms in total. The van der Waals surface area contributed by atoms with Crippen LogP contribution in [0.4, 0.5) is 0 Å². The molecule has 1 aliphatic heterocycles. The monoisotopic (exact) mass is 155 g/mol. The topological polar surface area (TPSA) is 12.0 Å². The SMILES string of the molecule is CCC(C)C1NCCCC1C. The van der Waals surface area contributed by atoms with Crippen molar-refractivity contribution in [3.05, 3.63) is 0 Å². The molecule has 1 heterocycles. The van der Waals surface area contributed by atoms with Gasteiger partial charge in [0.25, 0.3) is 0 Å². The van der Waals surface area contributed by atoms with E-state index >= 15 is 0 Å². The standard InChI is InChI=1S/C10H21N/c1-4-8(2)10-9(3)6-5-7-11-10/h8-11H,4-7H2,1-3H3. The summed E-state index contributed by atoms with van der Waals surface area (Å²) in [5.41, 5.74) is 0. The summed E-state index contributed by atoms with van der Waals surface area (Å²) < 4.78 is 0. The fourth-order valence-corrected chi connectivity index (χ4v) is 2.09. The number of rotatable bonds is 2. The van der Waals surface area contributed by atoms with Crippen LogP contribution < -0.4 is 5.32 Å². The van der Waals surface area contributed by atoms with Gasteiger partial charge in [0, 0.05) is 6.04 Å². The lowest BCUT2D eigenvalue weighted by molar-refractivity contribution is 0.228. The quantitative estimate of drug-likeness (QED) is 0.645. The van der Waals surface area contributed by atoms with Crippen LogP contribution in [0.3, 0.4) is 0 Å². The van der Waals surface area contributed by atoms with Gasteiger partial charge in [0.2, 0.25) is 0 Å². The van der Waals surface area contributed by atoms with E-state index in [1.807, 2.05) is 0 Å². The molecule has 1 heteroatoms. The molecule has 1 fully saturated rings. The zero-order valence-corrected chi connectivity index (χ0v) is 8.06. The highest BCUT2D eigenvalue weighted by Gasteiger charge is 2.24. The summed E-state index contributed by atoms with van der Waals surface area (Å²) in [5.74, 6) is 1.74. The summed E-state index contributed by atoms with van der Waals surface area (Å²) >= 11 is 0. The minimum Gasteiger partial charge on any atom is -0.313 e. The van der Waals surface area contributed by atoms with Gasteiger partial charge in [0.05, 0.1) is 0 Å². The van der Waals surface area contributed by atoms with E-state index < -0.39 is 0 Å². The van der Waals surface area contributed by atoms with Crippen LogP contribution in [0.25, 0.3) is 0 Å². The molecule has 0 aromatic carbocycles. The van der Waals surface area contributed by atoms with Gasteiger partial charge in [-0.1, -0.05) is 27.2 Å². The Bertz CT molecular complexity index is 107. The molecule has 0 aromatic rings. The first kappa shape index (κ1) is 9.05. The van der Waals surface area contributed by atoms with Gasteiger partial charge >= 0.3 is 0 Å². The second kappa shape index (κ2) is 4.10. The van der Waals surface area contributed by atoms with Gasteiger partial charge in [-0.2, -0.15) is 0 Å². The molecule has 11 heavy (non-hydrogen) atoms. The van der Waals surface area contributed by atoms with Crippen LogP contribution >= 0.6 is 0 Å². The van der Waals surface area contributed by atoms with Gasteiger partial charge in [-0.05, 0) is 31.2 Å². The molecule has 1 rings (SSSR count). The summed E-state index contributed by atoms with van der Waals surface area (Å²) in [7, 11) is 0. The summed E-state index contributed by atoms with van der Waals surface area (Å²) in [6.45, 7) is 8.26. The fourth-order valence-electron chi connectivity index (χ4n) is 2.09. The predicted octanol–water partition coefficient (Wildman–Crippen LogP) is 2.42. The van der Waals surface area contributed by atoms with Crippen molar-refractivity contribution in [2.75, 3.05) is 6.54 Å². The van der Waals surface area contributed by atoms with E-state index in [1.165, 1.54) is 25.8 Å². The van der Waals surface area contributed by atoms with E-state index in [0.29, 0.717) is 0 Å². The lowest BCUT2D eigenvalue weighted by Crippen LogP contribution is -2.44. The Morgan fingerprint density at radius 1 is 1.55 bits per heavy atom. The summed E-state index contributed by atoms with van der Waals surface area (Å²) in [6.07, 6.45) is 4.10. The molecule has 1 saturated heterocycles. The Morgan fingerprint density at radius 2 is 2.27 bits per heavy atom. The Labute approximate surface area is 70.6 Å². The molecule has 1 aliphatic rings. The van der Waals surface area contributed by atoms with Crippen molar-refractivity contribution in [2.24, 2.45) is 11.8 Å². The van der Waals surface area contributed by atoms with E-state index in [9.17, 15) is 0 Å². The molecule has 0 amide bonds. The van der Waals surface area contributed by atoms with E-state index in [0.717, 1.165) is 17.9 Å². The van der Waals surface area contributed by atoms with Crippen LogP contribution in [-0.2, 0) is 0 Å². The maximum Gasteiger partial charge on any atom is 0.0118 e. The minimum atomic E-state index is 0.786. The molecular weight excluding hydrogens is 134 g/mol. The minimum absolute atomic E-state index is 0.786. The highest BCUT2D eigenvalue weighted by molar-refractivity contribution is 4.81. The number of hydrogen-bond acceptors (Lipinski definition) is 1. The van der Waals surface area contributed by atoms with Crippen LogP contribution in [0.1, 0.15) is 40.0 Å². The second-order valence-corrected chi connectivity index (χ2v) is 3.98. The van der Waals surface area contributed by atoms with E-state index in [-0.39, 0.29) is 0 Å². The molecule has 0 radical (unpaired) electrons. The van der Waals surface area contributed by atoms with Gasteiger partial charge in [-0.3, -0.25) is 0 Å². The van der Waals surface area contributed by atoms with Gasteiger partial charge in [-0.15, -0.1) is 0 Å². The molecular formula is C10H21N. The van der Waals surface area contributed by atoms with Crippen LogP contribution in [0.5, 0.6) is 0 Å². The molecule has 66 valence electrons. The number of piperidine rings is 1. The lowest BCUT2D eigenvalue weighted by atomic mass is 9.84. The van der Waals surface area contributed by atoms with Crippen molar-refractivity contribution >= 4 is 0 Å². The predicted molar refractivity (Wildman–Crippen MR) is 49.6 cm³/mol. The van der Waals surface area contributed by atoms with Gasteiger partial charge < -0.3 is 5.32 Å². The summed E-state index contributed by atoms with van der Waals surface area (Å²) in [4.78, 5) is 0. The third-order valence-corrected chi connectivity index (χ3v) is 3.09. The van der Waals surface area contributed by atoms with Gasteiger partial charge in [-0.25, -0.2) is 0 Å². The smallest absolute Gasteiger partial charge is 0.0118 e. The Kier molecular flexibility index (Phi) is 3.38. The zero-order chi connectivity index (χ0) is 8.27. The maximum atomic E-state index is 3.62. The van der Waals surface area contributed by atoms with Crippen molar-refractivity contribution in [1.29, 1.82) is 0 Å². The highest BCUT2D eigenvalue weighted by atomic mass is 14.9. The molecule has 3 atom stereocenters. The molecule has 3 unspecified atom stereocenters. The zero-order valence-electron chi connectivity index (χ0n) is 8.06. The van der Waals surface area contributed by atoms with Gasteiger partial charge in [0.15, 0.2) is 0 Å². The molecule has 1 N–H and O–H groups in total. The van der Waals surface area contributed by atoms with Crippen molar-refractivity contribution in [2.45, 2.75) is 46.1 Å². The molecule has 0 aromatic heterocycles. The van der Waals surface area contributed by atoms with Crippen molar-refractivity contribution in [3.63, 3.8) is 0 Å². The average Bonchev–Trinajstić information content (AvgIpc) is 2.04. The Hall–Kier alpha value is -0.0400. The molecule has 0 aliphatic carbocycles. The van der Waals surface area contributed by atoms with E-state index in [1.54, 1.807) is 0 Å². The summed E-state index contributed by atoms with van der Waals surface area (Å²) in [6, 6.07) is 0.786. The Morgan fingerprint density at radius 3 is 2.82 bits per heavy atom. The van der Waals surface area contributed by atoms with Crippen LogP contribution in [-0.4, -0.2) is 12.6 Å². The van der Waals surface area contributed by atoms with Crippen LogP contribution in [0.15, 0.2) is 0 Å². The van der Waals surface area contributed by atoms with Crippen molar-refractivity contribution < 1.29 is 0 Å². The first-order valence-corrected chi connectivity index (χ1v) is 4.99. The largest absolute Gasteiger partial charge is 0.313 e. The summed E-state index contributed by atoms with van der Waals surface area (Å²) in [5, 5.41) is 3.62. The third-order valence-electron chi connectivity index (χ3n) is 3.09. The third kappa shape index (κ3) is 2.19. The normalized spacial score (nSPS) is 35.2. The maximum absolute atomic E-state index is 3.62. The van der Waals surface area contributed by atoms with E-state index in [4.69, 9.17) is 0 Å². The Balaban J connectivity index is 2.40.